The molecule has 0 radical (unpaired) electrons. The topological polar surface area (TPSA) is 229 Å². The Morgan fingerprint density at radius 2 is 1.49 bits per heavy atom. The van der Waals surface area contributed by atoms with Gasteiger partial charge in [0, 0.05) is 17.7 Å². The molecule has 3 aromatic rings. The van der Waals surface area contributed by atoms with Gasteiger partial charge in [-0.1, -0.05) is 0 Å². The molecule has 0 bridgehead atoms. The Kier molecular flexibility index (Phi) is 8.68. The van der Waals surface area contributed by atoms with Gasteiger partial charge in [0.25, 0.3) is 0 Å². The monoisotopic (exact) mass is 606 g/mol. The molecule has 2 aliphatic heterocycles. The Bertz CT molecular complexity index is 1540. The lowest BCUT2D eigenvalue weighted by Crippen LogP contribution is -2.55. The van der Waals surface area contributed by atoms with Gasteiger partial charge in [-0.3, -0.25) is 4.79 Å². The number of hydrogen-bond acceptors (Lipinski definition) is 14. The summed E-state index contributed by atoms with van der Waals surface area (Å²) >= 11 is 0. The van der Waals surface area contributed by atoms with E-state index in [2.05, 4.69) is 0 Å². The quantitative estimate of drug-likeness (QED) is 0.173. The van der Waals surface area contributed by atoms with Crippen LogP contribution in [0.3, 0.4) is 0 Å². The molecule has 0 amide bonds. The largest absolute Gasteiger partial charge is 0.506 e. The molecule has 2 fully saturated rings. The van der Waals surface area contributed by atoms with Crippen molar-refractivity contribution in [1.29, 1.82) is 0 Å². The van der Waals surface area contributed by atoms with Gasteiger partial charge < -0.3 is 64.2 Å². The van der Waals surface area contributed by atoms with E-state index in [-0.39, 0.29) is 39.2 Å². The number of aliphatic hydroxyl groups is 7. The number of benzene rings is 2. The zero-order valence-electron chi connectivity index (χ0n) is 23.4. The van der Waals surface area contributed by atoms with Gasteiger partial charge in [0.2, 0.25) is 0 Å². The lowest BCUT2D eigenvalue weighted by Gasteiger charge is -2.40. The molecule has 2 aromatic carbocycles. The third-order valence-electron chi connectivity index (χ3n) is 8.07. The molecule has 43 heavy (non-hydrogen) atoms. The Morgan fingerprint density at radius 1 is 0.814 bits per heavy atom. The Labute approximate surface area is 244 Å². The second-order valence-corrected chi connectivity index (χ2v) is 10.6. The highest BCUT2D eigenvalue weighted by Crippen LogP contribution is 2.46. The van der Waals surface area contributed by atoms with Crippen molar-refractivity contribution in [2.24, 2.45) is 0 Å². The van der Waals surface area contributed by atoms with E-state index in [0.29, 0.717) is 5.75 Å². The van der Waals surface area contributed by atoms with Gasteiger partial charge in [-0.2, -0.15) is 0 Å². The fourth-order valence-electron chi connectivity index (χ4n) is 5.65. The molecule has 10 atom stereocenters. The SMILES string of the molecule is COc1ccc(-c2cc(=O)c3c(O)c([C@H]4O[C@H](CO)[C@@H](O)[C@@H](O)[C@@H]4O)c(OC)cc3o2)c([C@@H]2O[C@@H](C)[C@@H](O)[C@@H](O)[C@H]2O)c1. The fourth-order valence-corrected chi connectivity index (χ4v) is 5.65. The molecule has 3 heterocycles. The van der Waals surface area contributed by atoms with Crippen LogP contribution in [-0.4, -0.2) is 111 Å². The first-order chi connectivity index (χ1) is 20.4. The summed E-state index contributed by atoms with van der Waals surface area (Å²) in [6, 6.07) is 7.02. The minimum atomic E-state index is -1.76. The van der Waals surface area contributed by atoms with Crippen LogP contribution in [0, 0.1) is 0 Å². The molecule has 234 valence electrons. The zero-order valence-corrected chi connectivity index (χ0v) is 23.4. The van der Waals surface area contributed by atoms with Crippen LogP contribution in [0.1, 0.15) is 30.3 Å². The van der Waals surface area contributed by atoms with Gasteiger partial charge in [-0.25, -0.2) is 0 Å². The first-order valence-electron chi connectivity index (χ1n) is 13.5. The normalized spacial score (nSPS) is 33.0. The number of hydrogen-bond donors (Lipinski definition) is 8. The van der Waals surface area contributed by atoms with E-state index < -0.39 is 78.8 Å². The summed E-state index contributed by atoms with van der Waals surface area (Å²) in [5, 5.41) is 83.1. The third kappa shape index (κ3) is 5.24. The standard InChI is InChI=1S/C29H34O14/c1-10-21(32)24(35)26(37)28(41-10)13-6-11(39-2)4-5-12(13)15-7-14(31)19-17(42-15)8-16(40-3)20(23(19)34)29-27(38)25(36)22(33)18(9-30)43-29/h4-8,10,18,21-22,24-30,32-38H,9H2,1-3H3/t10-,18+,21+,22+,24+,25+,26+,27-,28-,29+/m0/s1. The van der Waals surface area contributed by atoms with Crippen molar-refractivity contribution in [3.63, 3.8) is 0 Å². The smallest absolute Gasteiger partial charge is 0.197 e. The Hall–Kier alpha value is -3.31. The summed E-state index contributed by atoms with van der Waals surface area (Å²) in [6.07, 6.45) is -14.4. The van der Waals surface area contributed by atoms with Crippen LogP contribution in [-0.2, 0) is 9.47 Å². The summed E-state index contributed by atoms with van der Waals surface area (Å²) in [5.74, 6) is -0.414. The van der Waals surface area contributed by atoms with Gasteiger partial charge in [0.15, 0.2) is 5.43 Å². The van der Waals surface area contributed by atoms with Crippen LogP contribution >= 0.6 is 0 Å². The third-order valence-corrected chi connectivity index (χ3v) is 8.07. The van der Waals surface area contributed by atoms with E-state index in [1.807, 2.05) is 0 Å². The van der Waals surface area contributed by atoms with Crippen LogP contribution in [0.25, 0.3) is 22.3 Å². The molecule has 0 unspecified atom stereocenters. The minimum Gasteiger partial charge on any atom is -0.506 e. The van der Waals surface area contributed by atoms with Crippen LogP contribution in [0.2, 0.25) is 0 Å². The van der Waals surface area contributed by atoms with Gasteiger partial charge in [-0.05, 0) is 30.7 Å². The highest BCUT2D eigenvalue weighted by atomic mass is 16.6. The molecule has 0 saturated carbocycles. The summed E-state index contributed by atoms with van der Waals surface area (Å²) in [5.41, 5.74) is -0.520. The second kappa shape index (κ2) is 12.0. The molecule has 0 aliphatic carbocycles. The molecule has 1 aromatic heterocycles. The highest BCUT2D eigenvalue weighted by molar-refractivity contribution is 5.88. The minimum absolute atomic E-state index is 0.0127. The molecule has 14 nitrogen and oxygen atoms in total. The number of phenolic OH excluding ortho intramolecular Hbond substituents is 1. The number of aliphatic hydroxyl groups excluding tert-OH is 7. The van der Waals surface area contributed by atoms with Crippen LogP contribution in [0.15, 0.2) is 39.5 Å². The van der Waals surface area contributed by atoms with Crippen molar-refractivity contribution in [1.82, 2.24) is 0 Å². The molecular weight excluding hydrogens is 572 g/mol. The van der Waals surface area contributed by atoms with E-state index in [9.17, 15) is 45.6 Å². The van der Waals surface area contributed by atoms with E-state index >= 15 is 0 Å². The molecular formula is C29H34O14. The fraction of sp³-hybridized carbons (Fsp3) is 0.483. The van der Waals surface area contributed by atoms with Crippen molar-refractivity contribution in [3.8, 4) is 28.6 Å². The Balaban J connectivity index is 1.66. The van der Waals surface area contributed by atoms with Gasteiger partial charge >= 0.3 is 0 Å². The Morgan fingerprint density at radius 3 is 2.14 bits per heavy atom. The zero-order chi connectivity index (χ0) is 31.3. The summed E-state index contributed by atoms with van der Waals surface area (Å²) < 4.78 is 28.2. The molecule has 2 aliphatic rings. The number of phenols is 1. The van der Waals surface area contributed by atoms with E-state index in [4.69, 9.17) is 23.4 Å². The van der Waals surface area contributed by atoms with Gasteiger partial charge in [0.1, 0.15) is 88.9 Å². The van der Waals surface area contributed by atoms with Crippen molar-refractivity contribution < 1.29 is 64.2 Å². The van der Waals surface area contributed by atoms with Gasteiger partial charge in [0.05, 0.1) is 32.5 Å². The average Bonchev–Trinajstić information content (AvgIpc) is 3.00. The maximum atomic E-state index is 13.5. The lowest BCUT2D eigenvalue weighted by atomic mass is 9.88. The van der Waals surface area contributed by atoms with Crippen molar-refractivity contribution in [2.75, 3.05) is 20.8 Å². The molecule has 0 spiro atoms. The summed E-state index contributed by atoms with van der Waals surface area (Å²) in [6.45, 7) is 0.826. The highest BCUT2D eigenvalue weighted by Gasteiger charge is 2.47. The number of fused-ring (bicyclic) bond motifs is 1. The van der Waals surface area contributed by atoms with E-state index in [1.54, 1.807) is 12.1 Å². The maximum absolute atomic E-state index is 13.5. The summed E-state index contributed by atoms with van der Waals surface area (Å²) in [4.78, 5) is 13.5. The van der Waals surface area contributed by atoms with E-state index in [0.717, 1.165) is 6.07 Å². The first kappa shape index (κ1) is 31.1. The first-order valence-corrected chi connectivity index (χ1v) is 13.5. The number of methoxy groups -OCH3 is 2. The number of ether oxygens (including phenoxy) is 4. The molecule has 2 saturated heterocycles. The number of aromatic hydroxyl groups is 1. The molecule has 5 rings (SSSR count). The lowest BCUT2D eigenvalue weighted by molar-refractivity contribution is -0.232. The predicted molar refractivity (Wildman–Crippen MR) is 147 cm³/mol. The van der Waals surface area contributed by atoms with Crippen LogP contribution in [0.4, 0.5) is 0 Å². The van der Waals surface area contributed by atoms with E-state index in [1.165, 1.54) is 33.3 Å². The molecule has 8 N–H and O–H groups in total. The van der Waals surface area contributed by atoms with Crippen molar-refractivity contribution in [2.45, 2.75) is 68.0 Å². The second-order valence-electron chi connectivity index (χ2n) is 10.6. The van der Waals surface area contributed by atoms with Crippen molar-refractivity contribution in [3.05, 3.63) is 51.7 Å². The predicted octanol–water partition coefficient (Wildman–Crippen LogP) is -0.760. The number of rotatable bonds is 6. The molecule has 14 heteroatoms. The van der Waals surface area contributed by atoms with Crippen LogP contribution in [0.5, 0.6) is 17.2 Å². The summed E-state index contributed by atoms with van der Waals surface area (Å²) in [7, 11) is 2.68. The maximum Gasteiger partial charge on any atom is 0.197 e. The van der Waals surface area contributed by atoms with Gasteiger partial charge in [-0.15, -0.1) is 0 Å². The van der Waals surface area contributed by atoms with Crippen molar-refractivity contribution >= 4 is 11.0 Å². The van der Waals surface area contributed by atoms with Crippen LogP contribution < -0.4 is 14.9 Å². The average molecular weight is 607 g/mol.